The van der Waals surface area contributed by atoms with E-state index in [1.165, 1.54) is 6.07 Å². The Morgan fingerprint density at radius 1 is 1.05 bits per heavy atom. The number of phenolic OH excluding ortho intramolecular Hbond substituents is 2. The Morgan fingerprint density at radius 2 is 1.67 bits per heavy atom. The third-order valence-corrected chi connectivity index (χ3v) is 4.52. The number of aromatic hydroxyl groups is 2. The summed E-state index contributed by atoms with van der Waals surface area (Å²) in [6, 6.07) is 5.22. The summed E-state index contributed by atoms with van der Waals surface area (Å²) in [5.41, 5.74) is 1.02. The van der Waals surface area contributed by atoms with E-state index in [-0.39, 0.29) is 17.5 Å². The lowest BCUT2D eigenvalue weighted by Gasteiger charge is -2.41. The van der Waals surface area contributed by atoms with Crippen molar-refractivity contribution in [3.05, 3.63) is 23.8 Å². The molecule has 0 amide bonds. The smallest absolute Gasteiger partial charge is 0.119 e. The Kier molecular flexibility index (Phi) is 4.63. The highest BCUT2D eigenvalue weighted by Gasteiger charge is 2.31. The molecule has 116 valence electrons. The van der Waals surface area contributed by atoms with Gasteiger partial charge in [-0.2, -0.15) is 0 Å². The molecule has 0 spiro atoms. The summed E-state index contributed by atoms with van der Waals surface area (Å²) in [5, 5.41) is 23.0. The Morgan fingerprint density at radius 3 is 2.29 bits per heavy atom. The van der Waals surface area contributed by atoms with E-state index >= 15 is 0 Å². The molecule has 2 saturated heterocycles. The predicted octanol–water partition coefficient (Wildman–Crippen LogP) is 1.47. The molecule has 5 nitrogen and oxygen atoms in total. The summed E-state index contributed by atoms with van der Waals surface area (Å²) in [6.45, 7) is 5.59. The number of benzene rings is 1. The lowest BCUT2D eigenvalue weighted by molar-refractivity contribution is 0.0212. The van der Waals surface area contributed by atoms with E-state index in [9.17, 15) is 10.2 Å². The van der Waals surface area contributed by atoms with Gasteiger partial charge in [0.05, 0.1) is 0 Å². The molecule has 3 rings (SSSR count). The summed E-state index contributed by atoms with van der Waals surface area (Å²) in [5.74, 6) is 0.785. The molecule has 21 heavy (non-hydrogen) atoms. The molecule has 0 radical (unpaired) electrons. The maximum absolute atomic E-state index is 9.82. The van der Waals surface area contributed by atoms with Crippen LogP contribution in [0.5, 0.6) is 11.5 Å². The van der Waals surface area contributed by atoms with Crippen molar-refractivity contribution in [3.8, 4) is 11.5 Å². The van der Waals surface area contributed by atoms with Gasteiger partial charge in [0.25, 0.3) is 0 Å². The average molecular weight is 292 g/mol. The molecular weight excluding hydrogens is 268 g/mol. The minimum absolute atomic E-state index is 0.136. The van der Waals surface area contributed by atoms with E-state index in [1.54, 1.807) is 12.1 Å². The molecule has 2 aliphatic rings. The van der Waals surface area contributed by atoms with Crippen LogP contribution in [0.4, 0.5) is 0 Å². The summed E-state index contributed by atoms with van der Waals surface area (Å²) >= 11 is 0. The standard InChI is InChI=1S/C16H24N2O3/c19-14-9-13(10-15(20)11-14)16(12-1-7-21-8-2-12)18-5-3-17-4-6-18/h9-12,16-17,19-20H,1-8H2/t16-/m0/s1. The highest BCUT2D eigenvalue weighted by molar-refractivity contribution is 5.38. The number of rotatable bonds is 3. The summed E-state index contributed by atoms with van der Waals surface area (Å²) in [7, 11) is 0. The number of phenols is 2. The zero-order valence-electron chi connectivity index (χ0n) is 12.3. The molecule has 1 aromatic rings. The fourth-order valence-corrected chi connectivity index (χ4v) is 3.56. The quantitative estimate of drug-likeness (QED) is 0.787. The number of piperazine rings is 1. The number of hydrogen-bond donors (Lipinski definition) is 3. The van der Waals surface area contributed by atoms with Gasteiger partial charge in [0.2, 0.25) is 0 Å². The van der Waals surface area contributed by atoms with Crippen molar-refractivity contribution >= 4 is 0 Å². The van der Waals surface area contributed by atoms with E-state index in [1.807, 2.05) is 0 Å². The predicted molar refractivity (Wildman–Crippen MR) is 80.5 cm³/mol. The van der Waals surface area contributed by atoms with Crippen molar-refractivity contribution in [1.82, 2.24) is 10.2 Å². The van der Waals surface area contributed by atoms with Gasteiger partial charge in [0, 0.05) is 51.5 Å². The van der Waals surface area contributed by atoms with E-state index in [2.05, 4.69) is 10.2 Å². The number of nitrogens with zero attached hydrogens (tertiary/aromatic N) is 1. The fourth-order valence-electron chi connectivity index (χ4n) is 3.56. The second-order valence-corrected chi connectivity index (χ2v) is 5.96. The van der Waals surface area contributed by atoms with Crippen LogP contribution in [0.15, 0.2) is 18.2 Å². The minimum atomic E-state index is 0.136. The molecule has 0 bridgehead atoms. The highest BCUT2D eigenvalue weighted by Crippen LogP contribution is 2.37. The van der Waals surface area contributed by atoms with Gasteiger partial charge in [-0.3, -0.25) is 4.90 Å². The first-order valence-corrected chi connectivity index (χ1v) is 7.79. The van der Waals surface area contributed by atoms with Gasteiger partial charge >= 0.3 is 0 Å². The zero-order chi connectivity index (χ0) is 14.7. The van der Waals surface area contributed by atoms with Crippen molar-refractivity contribution in [1.29, 1.82) is 0 Å². The number of hydrogen-bond acceptors (Lipinski definition) is 5. The average Bonchev–Trinajstić information content (AvgIpc) is 2.49. The molecule has 3 N–H and O–H groups in total. The Balaban J connectivity index is 1.89. The molecule has 2 heterocycles. The lowest BCUT2D eigenvalue weighted by atomic mass is 9.85. The van der Waals surface area contributed by atoms with Gasteiger partial charge in [-0.05, 0) is 36.5 Å². The fraction of sp³-hybridized carbons (Fsp3) is 0.625. The van der Waals surface area contributed by atoms with E-state index in [0.717, 1.165) is 57.8 Å². The Hall–Kier alpha value is -1.30. The number of ether oxygens (including phenoxy) is 1. The first-order valence-electron chi connectivity index (χ1n) is 7.79. The maximum Gasteiger partial charge on any atom is 0.119 e. The van der Waals surface area contributed by atoms with E-state index in [4.69, 9.17) is 4.74 Å². The minimum Gasteiger partial charge on any atom is -0.508 e. The van der Waals surface area contributed by atoms with Crippen LogP contribution in [0.3, 0.4) is 0 Å². The van der Waals surface area contributed by atoms with Crippen LogP contribution in [0.1, 0.15) is 24.4 Å². The second kappa shape index (κ2) is 6.64. The summed E-state index contributed by atoms with van der Waals surface area (Å²) in [6.07, 6.45) is 2.07. The van der Waals surface area contributed by atoms with Crippen LogP contribution >= 0.6 is 0 Å². The molecule has 0 aromatic heterocycles. The SMILES string of the molecule is Oc1cc(O)cc([C@H](C2CCOCC2)N2CCNCC2)c1. The van der Waals surface area contributed by atoms with Crippen molar-refractivity contribution in [2.45, 2.75) is 18.9 Å². The van der Waals surface area contributed by atoms with Crippen LogP contribution in [0.25, 0.3) is 0 Å². The first kappa shape index (κ1) is 14.6. The van der Waals surface area contributed by atoms with Crippen molar-refractivity contribution in [2.75, 3.05) is 39.4 Å². The lowest BCUT2D eigenvalue weighted by Crippen LogP contribution is -2.47. The normalized spacial score (nSPS) is 23.0. The van der Waals surface area contributed by atoms with Gasteiger partial charge in [-0.1, -0.05) is 0 Å². The first-order chi connectivity index (χ1) is 10.2. The molecule has 0 aliphatic carbocycles. The summed E-state index contributed by atoms with van der Waals surface area (Å²) < 4.78 is 5.49. The molecule has 5 heteroatoms. The van der Waals surface area contributed by atoms with Gasteiger partial charge < -0.3 is 20.3 Å². The molecule has 1 aromatic carbocycles. The topological polar surface area (TPSA) is 65.0 Å². The third-order valence-electron chi connectivity index (χ3n) is 4.52. The van der Waals surface area contributed by atoms with Gasteiger partial charge in [0.15, 0.2) is 0 Å². The van der Waals surface area contributed by atoms with Crippen molar-refractivity contribution in [2.24, 2.45) is 5.92 Å². The van der Waals surface area contributed by atoms with Crippen LogP contribution in [0.2, 0.25) is 0 Å². The molecule has 1 atom stereocenters. The van der Waals surface area contributed by atoms with Crippen LogP contribution in [-0.2, 0) is 4.74 Å². The monoisotopic (exact) mass is 292 g/mol. The number of nitrogens with one attached hydrogen (secondary N) is 1. The summed E-state index contributed by atoms with van der Waals surface area (Å²) in [4.78, 5) is 2.47. The van der Waals surface area contributed by atoms with Crippen LogP contribution < -0.4 is 5.32 Å². The molecular formula is C16H24N2O3. The second-order valence-electron chi connectivity index (χ2n) is 5.96. The van der Waals surface area contributed by atoms with Gasteiger partial charge in [-0.25, -0.2) is 0 Å². The third kappa shape index (κ3) is 3.48. The van der Waals surface area contributed by atoms with E-state index < -0.39 is 0 Å². The van der Waals surface area contributed by atoms with Crippen LogP contribution in [-0.4, -0.2) is 54.5 Å². The highest BCUT2D eigenvalue weighted by atomic mass is 16.5. The Labute approximate surface area is 125 Å². The van der Waals surface area contributed by atoms with E-state index in [0.29, 0.717) is 5.92 Å². The molecule has 0 unspecified atom stereocenters. The van der Waals surface area contributed by atoms with Crippen molar-refractivity contribution in [3.63, 3.8) is 0 Å². The van der Waals surface area contributed by atoms with Crippen LogP contribution in [0, 0.1) is 5.92 Å². The Bertz CT molecular complexity index is 430. The van der Waals surface area contributed by atoms with Gasteiger partial charge in [0.1, 0.15) is 11.5 Å². The van der Waals surface area contributed by atoms with Gasteiger partial charge in [-0.15, -0.1) is 0 Å². The largest absolute Gasteiger partial charge is 0.508 e. The maximum atomic E-state index is 9.82. The van der Waals surface area contributed by atoms with Crippen molar-refractivity contribution < 1.29 is 14.9 Å². The molecule has 2 aliphatic heterocycles. The molecule has 0 saturated carbocycles. The zero-order valence-corrected chi connectivity index (χ0v) is 12.3. The molecule has 2 fully saturated rings.